The van der Waals surface area contributed by atoms with Crippen LogP contribution < -0.4 is 4.90 Å². The number of aliphatic hydroxyl groups is 1. The maximum atomic E-state index is 12.2. The standard InChI is InChI=1S/C23H29NO4S/c1-2-3-4-11-20(25)16-7-5-8-17(14-16)24-18(15-22(24)26)9-6-10-19-12-13-21(29-19)23(27)28/h5,7-8,12-14,18,20,25H,2-4,6,9-11,15H2,1H3,(H,27,28)/t18-,20?/m0/s1. The van der Waals surface area contributed by atoms with Crippen molar-refractivity contribution in [1.29, 1.82) is 0 Å². The second-order valence-electron chi connectivity index (χ2n) is 7.69. The molecule has 1 fully saturated rings. The highest BCUT2D eigenvalue weighted by molar-refractivity contribution is 7.13. The van der Waals surface area contributed by atoms with Gasteiger partial charge < -0.3 is 15.1 Å². The summed E-state index contributed by atoms with van der Waals surface area (Å²) in [6.07, 6.45) is 6.66. The van der Waals surface area contributed by atoms with Gasteiger partial charge in [0.15, 0.2) is 0 Å². The lowest BCUT2D eigenvalue weighted by atomic mass is 9.94. The highest BCUT2D eigenvalue weighted by Crippen LogP contribution is 2.33. The van der Waals surface area contributed by atoms with E-state index in [4.69, 9.17) is 5.11 Å². The summed E-state index contributed by atoms with van der Waals surface area (Å²) in [7, 11) is 0. The smallest absolute Gasteiger partial charge is 0.345 e. The third-order valence-corrected chi connectivity index (χ3v) is 6.62. The van der Waals surface area contributed by atoms with Crippen molar-refractivity contribution in [2.45, 2.75) is 70.4 Å². The Morgan fingerprint density at radius 3 is 2.76 bits per heavy atom. The summed E-state index contributed by atoms with van der Waals surface area (Å²) in [5.41, 5.74) is 1.74. The van der Waals surface area contributed by atoms with E-state index >= 15 is 0 Å². The number of aromatic carboxylic acids is 1. The Morgan fingerprint density at radius 2 is 2.07 bits per heavy atom. The van der Waals surface area contributed by atoms with Gasteiger partial charge in [0.05, 0.1) is 6.10 Å². The van der Waals surface area contributed by atoms with Crippen molar-refractivity contribution in [1.82, 2.24) is 0 Å². The Kier molecular flexibility index (Phi) is 7.45. The zero-order valence-corrected chi connectivity index (χ0v) is 17.7. The summed E-state index contributed by atoms with van der Waals surface area (Å²) in [5.74, 6) is -0.759. The number of thiophene rings is 1. The zero-order valence-electron chi connectivity index (χ0n) is 16.8. The molecule has 6 heteroatoms. The van der Waals surface area contributed by atoms with E-state index in [0.717, 1.165) is 61.1 Å². The molecule has 1 amide bonds. The third kappa shape index (κ3) is 5.46. The fraction of sp³-hybridized carbons (Fsp3) is 0.478. The first-order chi connectivity index (χ1) is 14.0. The molecule has 156 valence electrons. The van der Waals surface area contributed by atoms with Crippen molar-refractivity contribution in [2.24, 2.45) is 0 Å². The van der Waals surface area contributed by atoms with Gasteiger partial charge in [0, 0.05) is 23.0 Å². The van der Waals surface area contributed by atoms with E-state index in [1.165, 1.54) is 11.3 Å². The van der Waals surface area contributed by atoms with Crippen LogP contribution in [0.4, 0.5) is 5.69 Å². The summed E-state index contributed by atoms with van der Waals surface area (Å²) in [6.45, 7) is 2.14. The molecular weight excluding hydrogens is 386 g/mol. The first-order valence-electron chi connectivity index (χ1n) is 10.4. The predicted octanol–water partition coefficient (Wildman–Crippen LogP) is 5.19. The number of carboxylic acid groups (broad SMARTS) is 1. The Bertz CT molecular complexity index is 847. The van der Waals surface area contributed by atoms with Crippen molar-refractivity contribution >= 4 is 28.9 Å². The average molecular weight is 416 g/mol. The van der Waals surface area contributed by atoms with Crippen LogP contribution in [0.15, 0.2) is 36.4 Å². The molecule has 0 aliphatic carbocycles. The van der Waals surface area contributed by atoms with Crippen LogP contribution >= 0.6 is 11.3 Å². The number of rotatable bonds is 11. The lowest BCUT2D eigenvalue weighted by molar-refractivity contribution is -0.124. The number of β-lactam (4-membered cyclic amide) rings is 1. The van der Waals surface area contributed by atoms with Crippen molar-refractivity contribution in [3.63, 3.8) is 0 Å². The molecule has 1 aromatic heterocycles. The number of anilines is 1. The fourth-order valence-electron chi connectivity index (χ4n) is 3.84. The van der Waals surface area contributed by atoms with Crippen molar-refractivity contribution < 1.29 is 19.8 Å². The molecule has 0 radical (unpaired) electrons. The van der Waals surface area contributed by atoms with E-state index in [0.29, 0.717) is 11.3 Å². The Hall–Kier alpha value is -2.18. The Labute approximate surface area is 176 Å². The number of carbonyl (C=O) groups excluding carboxylic acids is 1. The van der Waals surface area contributed by atoms with E-state index in [1.807, 2.05) is 35.2 Å². The molecule has 1 aliphatic heterocycles. The highest BCUT2D eigenvalue weighted by Gasteiger charge is 2.36. The van der Waals surface area contributed by atoms with Crippen molar-refractivity contribution in [3.05, 3.63) is 51.7 Å². The van der Waals surface area contributed by atoms with Crippen LogP contribution in [0.1, 0.15) is 78.1 Å². The molecule has 2 heterocycles. The van der Waals surface area contributed by atoms with Crippen LogP contribution in [0.2, 0.25) is 0 Å². The van der Waals surface area contributed by atoms with Crippen LogP contribution in [0.3, 0.4) is 0 Å². The van der Waals surface area contributed by atoms with Crippen molar-refractivity contribution in [2.75, 3.05) is 4.90 Å². The summed E-state index contributed by atoms with van der Waals surface area (Å²) in [4.78, 5) is 26.5. The summed E-state index contributed by atoms with van der Waals surface area (Å²) in [6, 6.07) is 11.4. The average Bonchev–Trinajstić information content (AvgIpc) is 3.17. The maximum absolute atomic E-state index is 12.2. The number of benzene rings is 1. The molecule has 0 saturated carbocycles. The number of carbonyl (C=O) groups is 2. The first kappa shape index (κ1) is 21.5. The second kappa shape index (κ2) is 10.0. The third-order valence-electron chi connectivity index (χ3n) is 5.49. The monoisotopic (exact) mass is 415 g/mol. The van der Waals surface area contributed by atoms with Crippen LogP contribution in [0.5, 0.6) is 0 Å². The lowest BCUT2D eigenvalue weighted by Crippen LogP contribution is -2.52. The largest absolute Gasteiger partial charge is 0.477 e. The van der Waals surface area contributed by atoms with Gasteiger partial charge in [-0.2, -0.15) is 0 Å². The summed E-state index contributed by atoms with van der Waals surface area (Å²) >= 11 is 1.32. The van der Waals surface area contributed by atoms with E-state index in [-0.39, 0.29) is 11.9 Å². The second-order valence-corrected chi connectivity index (χ2v) is 8.86. The molecule has 29 heavy (non-hydrogen) atoms. The van der Waals surface area contributed by atoms with Gasteiger partial charge in [0.25, 0.3) is 0 Å². The van der Waals surface area contributed by atoms with Gasteiger partial charge in [0.2, 0.25) is 5.91 Å². The van der Waals surface area contributed by atoms with Crippen molar-refractivity contribution in [3.8, 4) is 0 Å². The number of aryl methyl sites for hydroxylation is 1. The molecule has 2 atom stereocenters. The van der Waals surface area contributed by atoms with Gasteiger partial charge in [0.1, 0.15) is 4.88 Å². The number of carboxylic acids is 1. The number of hydrogen-bond acceptors (Lipinski definition) is 4. The van der Waals surface area contributed by atoms with Crippen LogP contribution in [0, 0.1) is 0 Å². The van der Waals surface area contributed by atoms with Gasteiger partial charge in [-0.05, 0) is 55.5 Å². The molecule has 1 saturated heterocycles. The minimum atomic E-state index is -0.881. The Balaban J connectivity index is 1.56. The molecule has 2 aromatic rings. The van der Waals surface area contributed by atoms with E-state index < -0.39 is 12.1 Å². The predicted molar refractivity (Wildman–Crippen MR) is 116 cm³/mol. The van der Waals surface area contributed by atoms with Gasteiger partial charge in [-0.15, -0.1) is 11.3 Å². The Morgan fingerprint density at radius 1 is 1.24 bits per heavy atom. The molecule has 2 N–H and O–H groups in total. The van der Waals surface area contributed by atoms with E-state index in [2.05, 4.69) is 6.92 Å². The molecule has 1 unspecified atom stereocenters. The molecule has 5 nitrogen and oxygen atoms in total. The normalized spacial score (nSPS) is 17.2. The van der Waals surface area contributed by atoms with Gasteiger partial charge in [-0.3, -0.25) is 4.79 Å². The molecule has 3 rings (SSSR count). The molecular formula is C23H29NO4S. The first-order valence-corrected chi connectivity index (χ1v) is 11.2. The SMILES string of the molecule is CCCCCC(O)c1cccc(N2C(=O)C[C@@H]2CCCc2ccc(C(=O)O)s2)c1. The minimum Gasteiger partial charge on any atom is -0.477 e. The molecule has 0 spiro atoms. The van der Waals surface area contributed by atoms with Crippen LogP contribution in [-0.2, 0) is 11.2 Å². The van der Waals surface area contributed by atoms with Gasteiger partial charge >= 0.3 is 5.97 Å². The minimum absolute atomic E-state index is 0.122. The van der Waals surface area contributed by atoms with E-state index in [1.54, 1.807) is 6.07 Å². The fourth-order valence-corrected chi connectivity index (χ4v) is 4.73. The quantitative estimate of drug-likeness (QED) is 0.391. The molecule has 0 bridgehead atoms. The molecule has 1 aliphatic rings. The number of aliphatic hydroxyl groups excluding tert-OH is 1. The number of hydrogen-bond donors (Lipinski definition) is 2. The van der Waals surface area contributed by atoms with Gasteiger partial charge in [-0.1, -0.05) is 38.3 Å². The van der Waals surface area contributed by atoms with Crippen LogP contribution in [-0.4, -0.2) is 28.1 Å². The van der Waals surface area contributed by atoms with E-state index in [9.17, 15) is 14.7 Å². The topological polar surface area (TPSA) is 77.8 Å². The number of unbranched alkanes of at least 4 members (excludes halogenated alkanes) is 2. The number of nitrogens with zero attached hydrogens (tertiary/aromatic N) is 1. The van der Waals surface area contributed by atoms with Crippen LogP contribution in [0.25, 0.3) is 0 Å². The maximum Gasteiger partial charge on any atom is 0.345 e. The highest BCUT2D eigenvalue weighted by atomic mass is 32.1. The lowest BCUT2D eigenvalue weighted by Gasteiger charge is -2.41. The van der Waals surface area contributed by atoms with Gasteiger partial charge in [-0.25, -0.2) is 4.79 Å². The summed E-state index contributed by atoms with van der Waals surface area (Å²) < 4.78 is 0. The molecule has 1 aromatic carbocycles. The number of amides is 1. The summed E-state index contributed by atoms with van der Waals surface area (Å²) in [5, 5.41) is 19.5. The zero-order chi connectivity index (χ0) is 20.8.